The number of aromatic nitrogens is 1. The molecule has 1 aliphatic carbocycles. The largest absolute Gasteiger partial charge is 0.481 e. The van der Waals surface area contributed by atoms with E-state index in [-0.39, 0.29) is 23.2 Å². The van der Waals surface area contributed by atoms with Gasteiger partial charge in [-0.2, -0.15) is 0 Å². The zero-order valence-electron chi connectivity index (χ0n) is 20.7. The second kappa shape index (κ2) is 9.45. The van der Waals surface area contributed by atoms with Crippen LogP contribution >= 0.6 is 0 Å². The van der Waals surface area contributed by atoms with Gasteiger partial charge in [-0.05, 0) is 53.4 Å². The summed E-state index contributed by atoms with van der Waals surface area (Å²) < 4.78 is 5.21. The first kappa shape index (κ1) is 24.9. The van der Waals surface area contributed by atoms with Gasteiger partial charge < -0.3 is 25.2 Å². The molecule has 0 spiro atoms. The van der Waals surface area contributed by atoms with Crippen LogP contribution < -0.4 is 10.6 Å². The smallest absolute Gasteiger partial charge is 0.311 e. The van der Waals surface area contributed by atoms with Crippen LogP contribution in [0, 0.1) is 5.41 Å². The van der Waals surface area contributed by atoms with E-state index in [1.54, 1.807) is 17.9 Å². The molecule has 0 radical (unpaired) electrons. The lowest BCUT2D eigenvalue weighted by atomic mass is 9.68. The number of carbonyl (C=O) groups excluding carboxylic acids is 2. The molecule has 9 heteroatoms. The Morgan fingerprint density at radius 1 is 1.17 bits per heavy atom. The lowest BCUT2D eigenvalue weighted by molar-refractivity contribution is -0.158. The standard InChI is InChI=1S/C26H34N4O5/c1-25(2,3)28-17-10-11-21(26(4,15-17)24(33)34)30-13-12-18(23(30)32)27-22(31)20-14-19(29-35-20)16-8-6-5-7-9-16/h5-9,14,17-18,21,28H,10-13,15H2,1-4H3,(H,27,31)(H,33,34)/t17-,18+,21+,26-/m1/s1. The summed E-state index contributed by atoms with van der Waals surface area (Å²) in [4.78, 5) is 40.1. The van der Waals surface area contributed by atoms with Gasteiger partial charge in [0.1, 0.15) is 11.7 Å². The number of carbonyl (C=O) groups is 3. The average Bonchev–Trinajstić information content (AvgIpc) is 3.41. The van der Waals surface area contributed by atoms with Gasteiger partial charge in [-0.15, -0.1) is 0 Å². The second-order valence-corrected chi connectivity index (χ2v) is 10.9. The summed E-state index contributed by atoms with van der Waals surface area (Å²) in [6, 6.07) is 9.81. The molecule has 35 heavy (non-hydrogen) atoms. The first-order valence-electron chi connectivity index (χ1n) is 12.1. The van der Waals surface area contributed by atoms with Crippen LogP contribution in [0.4, 0.5) is 0 Å². The summed E-state index contributed by atoms with van der Waals surface area (Å²) in [6.07, 6.45) is 2.23. The van der Waals surface area contributed by atoms with E-state index in [4.69, 9.17) is 4.52 Å². The molecule has 0 unspecified atom stereocenters. The number of carboxylic acids is 1. The van der Waals surface area contributed by atoms with Crippen LogP contribution in [0.5, 0.6) is 0 Å². The predicted octanol–water partition coefficient (Wildman–Crippen LogP) is 3.07. The van der Waals surface area contributed by atoms with Crippen molar-refractivity contribution in [3.8, 4) is 11.3 Å². The van der Waals surface area contributed by atoms with Gasteiger partial charge in [0.2, 0.25) is 11.7 Å². The molecular formula is C26H34N4O5. The van der Waals surface area contributed by atoms with Crippen molar-refractivity contribution >= 4 is 17.8 Å². The Morgan fingerprint density at radius 2 is 1.89 bits per heavy atom. The molecule has 2 fully saturated rings. The van der Waals surface area contributed by atoms with Gasteiger partial charge in [-0.25, -0.2) is 0 Å². The molecule has 2 heterocycles. The molecule has 2 aromatic rings. The Balaban J connectivity index is 1.43. The van der Waals surface area contributed by atoms with Crippen molar-refractivity contribution < 1.29 is 24.0 Å². The van der Waals surface area contributed by atoms with Crippen molar-refractivity contribution in [2.24, 2.45) is 5.41 Å². The van der Waals surface area contributed by atoms with Gasteiger partial charge in [0.25, 0.3) is 5.91 Å². The van der Waals surface area contributed by atoms with Gasteiger partial charge in [-0.1, -0.05) is 35.5 Å². The highest BCUT2D eigenvalue weighted by atomic mass is 16.5. The molecule has 9 nitrogen and oxygen atoms in total. The third kappa shape index (κ3) is 5.24. The summed E-state index contributed by atoms with van der Waals surface area (Å²) in [5, 5.41) is 20.4. The Bertz CT molecular complexity index is 1090. The molecule has 1 saturated carbocycles. The van der Waals surface area contributed by atoms with Crippen molar-refractivity contribution in [2.45, 2.75) is 77.0 Å². The molecule has 1 aromatic carbocycles. The van der Waals surface area contributed by atoms with E-state index in [1.165, 1.54) is 0 Å². The molecule has 1 saturated heterocycles. The number of likely N-dealkylation sites (tertiary alicyclic amines) is 1. The van der Waals surface area contributed by atoms with Crippen LogP contribution in [0.25, 0.3) is 11.3 Å². The highest BCUT2D eigenvalue weighted by Crippen LogP contribution is 2.41. The summed E-state index contributed by atoms with van der Waals surface area (Å²) in [5.41, 5.74) is 0.151. The Morgan fingerprint density at radius 3 is 2.54 bits per heavy atom. The van der Waals surface area contributed by atoms with Gasteiger partial charge in [0, 0.05) is 35.8 Å². The third-order valence-electron chi connectivity index (χ3n) is 7.05. The van der Waals surface area contributed by atoms with E-state index in [0.29, 0.717) is 31.5 Å². The fraction of sp³-hybridized carbons (Fsp3) is 0.538. The molecule has 0 bridgehead atoms. The van der Waals surface area contributed by atoms with Crippen LogP contribution in [0.2, 0.25) is 0 Å². The summed E-state index contributed by atoms with van der Waals surface area (Å²) in [6.45, 7) is 8.32. The average molecular weight is 483 g/mol. The fourth-order valence-electron chi connectivity index (χ4n) is 5.39. The Hall–Kier alpha value is -3.20. The number of carboxylic acid groups (broad SMARTS) is 1. The number of hydrogen-bond acceptors (Lipinski definition) is 6. The molecular weight excluding hydrogens is 448 g/mol. The lowest BCUT2D eigenvalue weighted by Gasteiger charge is -2.47. The normalized spacial score (nSPS) is 27.1. The van der Waals surface area contributed by atoms with Crippen LogP contribution in [0.1, 0.15) is 63.9 Å². The monoisotopic (exact) mass is 482 g/mol. The Kier molecular flexibility index (Phi) is 6.73. The van der Waals surface area contributed by atoms with E-state index in [9.17, 15) is 19.5 Å². The minimum absolute atomic E-state index is 0.0271. The van der Waals surface area contributed by atoms with Crippen LogP contribution in [-0.4, -0.2) is 63.2 Å². The molecule has 4 rings (SSSR count). The maximum atomic E-state index is 13.3. The maximum absolute atomic E-state index is 13.3. The summed E-state index contributed by atoms with van der Waals surface area (Å²) in [5.74, 6) is -1.64. The molecule has 2 amide bonds. The molecule has 1 aromatic heterocycles. The number of rotatable bonds is 6. The number of nitrogens with one attached hydrogen (secondary N) is 2. The van der Waals surface area contributed by atoms with Crippen molar-refractivity contribution in [3.05, 3.63) is 42.2 Å². The fourth-order valence-corrected chi connectivity index (χ4v) is 5.39. The van der Waals surface area contributed by atoms with Gasteiger partial charge >= 0.3 is 5.97 Å². The first-order chi connectivity index (χ1) is 16.5. The lowest BCUT2D eigenvalue weighted by Crippen LogP contribution is -2.59. The highest BCUT2D eigenvalue weighted by molar-refractivity contribution is 5.97. The SMILES string of the molecule is CC(C)(C)N[C@@H]1CC[C@H](N2CC[C@H](NC(=O)c3cc(-c4ccccc4)no3)C2=O)[C@](C)(C(=O)O)C1. The number of aliphatic carboxylic acids is 1. The topological polar surface area (TPSA) is 125 Å². The van der Waals surface area contributed by atoms with Gasteiger partial charge in [0.15, 0.2) is 0 Å². The molecule has 188 valence electrons. The van der Waals surface area contributed by atoms with Crippen molar-refractivity contribution in [3.63, 3.8) is 0 Å². The van der Waals surface area contributed by atoms with E-state index in [1.807, 2.05) is 30.3 Å². The molecule has 1 aliphatic heterocycles. The van der Waals surface area contributed by atoms with Crippen molar-refractivity contribution in [1.29, 1.82) is 0 Å². The summed E-state index contributed by atoms with van der Waals surface area (Å²) >= 11 is 0. The van der Waals surface area contributed by atoms with Gasteiger partial charge in [0.05, 0.1) is 5.41 Å². The molecule has 3 N–H and O–H groups in total. The second-order valence-electron chi connectivity index (χ2n) is 10.9. The number of amides is 2. The number of nitrogens with zero attached hydrogens (tertiary/aromatic N) is 2. The van der Waals surface area contributed by atoms with E-state index < -0.39 is 29.4 Å². The maximum Gasteiger partial charge on any atom is 0.311 e. The van der Waals surface area contributed by atoms with Crippen LogP contribution in [0.3, 0.4) is 0 Å². The molecule has 4 atom stereocenters. The number of benzene rings is 1. The van der Waals surface area contributed by atoms with E-state index in [0.717, 1.165) is 12.0 Å². The van der Waals surface area contributed by atoms with Crippen LogP contribution in [0.15, 0.2) is 40.9 Å². The Labute approximate surface area is 205 Å². The van der Waals surface area contributed by atoms with Gasteiger partial charge in [-0.3, -0.25) is 14.4 Å². The summed E-state index contributed by atoms with van der Waals surface area (Å²) in [7, 11) is 0. The quantitative estimate of drug-likeness (QED) is 0.578. The van der Waals surface area contributed by atoms with E-state index in [2.05, 4.69) is 36.6 Å². The zero-order chi connectivity index (χ0) is 25.4. The minimum atomic E-state index is -1.08. The molecule has 2 aliphatic rings. The number of hydrogen-bond donors (Lipinski definition) is 3. The van der Waals surface area contributed by atoms with Crippen molar-refractivity contribution in [1.82, 2.24) is 20.7 Å². The van der Waals surface area contributed by atoms with Crippen LogP contribution in [-0.2, 0) is 9.59 Å². The zero-order valence-corrected chi connectivity index (χ0v) is 20.7. The van der Waals surface area contributed by atoms with Crippen molar-refractivity contribution in [2.75, 3.05) is 6.54 Å². The van der Waals surface area contributed by atoms with E-state index >= 15 is 0 Å². The first-order valence-corrected chi connectivity index (χ1v) is 12.1. The third-order valence-corrected chi connectivity index (χ3v) is 7.05. The predicted molar refractivity (Wildman–Crippen MR) is 130 cm³/mol. The minimum Gasteiger partial charge on any atom is -0.481 e. The highest BCUT2D eigenvalue weighted by Gasteiger charge is 2.52.